The van der Waals surface area contributed by atoms with Crippen LogP contribution in [0.4, 0.5) is 34.1 Å². The van der Waals surface area contributed by atoms with Crippen molar-refractivity contribution < 1.29 is 8.83 Å². The molecular weight excluding hydrogens is 745 g/mol. The molecule has 9 aromatic carbocycles. The molecule has 0 saturated carbocycles. The number of furan rings is 2. The van der Waals surface area contributed by atoms with Crippen molar-refractivity contribution in [3.05, 3.63) is 192 Å². The summed E-state index contributed by atoms with van der Waals surface area (Å²) in [7, 11) is 0. The molecule has 0 fully saturated rings. The van der Waals surface area contributed by atoms with Gasteiger partial charge in [-0.05, 0) is 156 Å². The Balaban J connectivity index is 1.06. The molecule has 2 heterocycles. The van der Waals surface area contributed by atoms with Crippen LogP contribution in [0.1, 0.15) is 47.6 Å². The average molecular weight is 791 g/mol. The van der Waals surface area contributed by atoms with Crippen LogP contribution >= 0.6 is 0 Å². The van der Waals surface area contributed by atoms with Gasteiger partial charge in [0.2, 0.25) is 0 Å². The lowest BCUT2D eigenvalue weighted by Gasteiger charge is -2.28. The number of rotatable bonds is 7. The minimum Gasteiger partial charge on any atom is -0.456 e. The molecule has 0 atom stereocenters. The highest BCUT2D eigenvalue weighted by Gasteiger charge is 2.24. The number of benzene rings is 9. The average Bonchev–Trinajstić information content (AvgIpc) is 3.80. The SMILES string of the molecule is Cc1ccccc1N(c1ccc2cc3c(cc2c1)oc1c(C(C)C)c2oc4cc5cc(N(c6ccccc6C)c6ccccc6C)ccc5cc4c2cc13)c1ccccc1C. The first-order valence-corrected chi connectivity index (χ1v) is 21.3. The van der Waals surface area contributed by atoms with E-state index in [1.54, 1.807) is 0 Å². The summed E-state index contributed by atoms with van der Waals surface area (Å²) in [5.41, 5.74) is 16.4. The zero-order chi connectivity index (χ0) is 41.5. The first-order valence-electron chi connectivity index (χ1n) is 21.3. The fourth-order valence-electron chi connectivity index (χ4n) is 9.50. The topological polar surface area (TPSA) is 32.8 Å². The molecule has 61 heavy (non-hydrogen) atoms. The van der Waals surface area contributed by atoms with Gasteiger partial charge in [0.25, 0.3) is 0 Å². The predicted octanol–water partition coefficient (Wildman–Crippen LogP) is 17.1. The van der Waals surface area contributed by atoms with Crippen LogP contribution in [0, 0.1) is 27.7 Å². The maximum Gasteiger partial charge on any atom is 0.142 e. The molecule has 296 valence electrons. The summed E-state index contributed by atoms with van der Waals surface area (Å²) < 4.78 is 13.8. The van der Waals surface area contributed by atoms with E-state index in [4.69, 9.17) is 8.83 Å². The van der Waals surface area contributed by atoms with Gasteiger partial charge < -0.3 is 18.6 Å². The van der Waals surface area contributed by atoms with Gasteiger partial charge in [0.1, 0.15) is 22.3 Å². The summed E-state index contributed by atoms with van der Waals surface area (Å²) in [5.74, 6) is 0.169. The van der Waals surface area contributed by atoms with Gasteiger partial charge in [0, 0.05) is 61.2 Å². The molecule has 0 aliphatic heterocycles. The molecule has 4 nitrogen and oxygen atoms in total. The maximum absolute atomic E-state index is 6.91. The number of para-hydroxylation sites is 4. The van der Waals surface area contributed by atoms with Gasteiger partial charge in [-0.25, -0.2) is 0 Å². The molecule has 0 N–H and O–H groups in total. The number of anilines is 6. The summed E-state index contributed by atoms with van der Waals surface area (Å²) in [6.45, 7) is 13.2. The Morgan fingerprint density at radius 3 is 1.07 bits per heavy atom. The van der Waals surface area contributed by atoms with Crippen molar-refractivity contribution in [3.63, 3.8) is 0 Å². The van der Waals surface area contributed by atoms with Crippen molar-refractivity contribution >= 4 is 99.5 Å². The van der Waals surface area contributed by atoms with Crippen LogP contribution in [0.25, 0.3) is 65.4 Å². The van der Waals surface area contributed by atoms with Crippen LogP contribution in [0.3, 0.4) is 0 Å². The van der Waals surface area contributed by atoms with E-state index in [1.165, 1.54) is 33.0 Å². The molecule has 0 aliphatic rings. The number of hydrogen-bond acceptors (Lipinski definition) is 4. The summed E-state index contributed by atoms with van der Waals surface area (Å²) in [6.07, 6.45) is 0. The molecule has 0 saturated heterocycles. The van der Waals surface area contributed by atoms with Crippen molar-refractivity contribution in [2.45, 2.75) is 47.5 Å². The lowest BCUT2D eigenvalue weighted by molar-refractivity contribution is 0.638. The van der Waals surface area contributed by atoms with Gasteiger partial charge in [-0.15, -0.1) is 0 Å². The van der Waals surface area contributed by atoms with Gasteiger partial charge in [0.15, 0.2) is 0 Å². The lowest BCUT2D eigenvalue weighted by atomic mass is 9.95. The number of hydrogen-bond donors (Lipinski definition) is 0. The fraction of sp³-hybridized carbons (Fsp3) is 0.123. The van der Waals surface area contributed by atoms with Crippen LogP contribution in [-0.2, 0) is 0 Å². The Bertz CT molecular complexity index is 3210. The van der Waals surface area contributed by atoms with Gasteiger partial charge >= 0.3 is 0 Å². The molecule has 0 spiro atoms. The Kier molecular flexibility index (Phi) is 8.54. The fourth-order valence-corrected chi connectivity index (χ4v) is 9.50. The lowest BCUT2D eigenvalue weighted by Crippen LogP contribution is -2.12. The van der Waals surface area contributed by atoms with Crippen LogP contribution in [0.15, 0.2) is 173 Å². The van der Waals surface area contributed by atoms with Gasteiger partial charge in [-0.1, -0.05) is 98.8 Å². The summed E-state index contributed by atoms with van der Waals surface area (Å²) >= 11 is 0. The smallest absolute Gasteiger partial charge is 0.142 e. The quantitative estimate of drug-likeness (QED) is 0.161. The monoisotopic (exact) mass is 790 g/mol. The Hall–Kier alpha value is -7.30. The summed E-state index contributed by atoms with van der Waals surface area (Å²) in [4.78, 5) is 4.75. The van der Waals surface area contributed by atoms with E-state index in [0.717, 1.165) is 94.3 Å². The zero-order valence-electron chi connectivity index (χ0n) is 35.4. The third-order valence-corrected chi connectivity index (χ3v) is 12.6. The molecule has 0 amide bonds. The van der Waals surface area contributed by atoms with E-state index < -0.39 is 0 Å². The molecule has 0 unspecified atom stereocenters. The molecule has 0 bridgehead atoms. The Morgan fingerprint density at radius 1 is 0.361 bits per heavy atom. The highest BCUT2D eigenvalue weighted by atomic mass is 16.3. The van der Waals surface area contributed by atoms with E-state index >= 15 is 0 Å². The number of aryl methyl sites for hydroxylation is 4. The molecule has 11 rings (SSSR count). The van der Waals surface area contributed by atoms with E-state index in [1.807, 2.05) is 0 Å². The summed E-state index contributed by atoms with van der Waals surface area (Å²) in [6, 6.07) is 59.3. The van der Waals surface area contributed by atoms with Crippen molar-refractivity contribution in [1.82, 2.24) is 0 Å². The second-order valence-corrected chi connectivity index (χ2v) is 17.0. The van der Waals surface area contributed by atoms with Crippen LogP contribution in [0.5, 0.6) is 0 Å². The molecule has 0 aliphatic carbocycles. The Morgan fingerprint density at radius 2 is 0.721 bits per heavy atom. The van der Waals surface area contributed by atoms with E-state index in [2.05, 4.69) is 215 Å². The zero-order valence-corrected chi connectivity index (χ0v) is 35.4. The van der Waals surface area contributed by atoms with E-state index in [-0.39, 0.29) is 5.92 Å². The third-order valence-electron chi connectivity index (χ3n) is 12.6. The van der Waals surface area contributed by atoms with Crippen molar-refractivity contribution in [1.29, 1.82) is 0 Å². The van der Waals surface area contributed by atoms with Crippen molar-refractivity contribution in [2.24, 2.45) is 0 Å². The summed E-state index contributed by atoms with van der Waals surface area (Å²) in [5, 5.41) is 9.05. The van der Waals surface area contributed by atoms with Crippen molar-refractivity contribution in [2.75, 3.05) is 9.80 Å². The van der Waals surface area contributed by atoms with Crippen LogP contribution < -0.4 is 9.80 Å². The molecular formula is C57H46N2O2. The molecule has 4 heteroatoms. The number of nitrogens with zero attached hydrogens (tertiary/aromatic N) is 2. The minimum atomic E-state index is 0.169. The van der Waals surface area contributed by atoms with E-state index in [0.29, 0.717) is 0 Å². The maximum atomic E-state index is 6.91. The van der Waals surface area contributed by atoms with Crippen molar-refractivity contribution in [3.8, 4) is 0 Å². The Labute approximate surface area is 355 Å². The molecule has 11 aromatic rings. The highest BCUT2D eigenvalue weighted by Crippen LogP contribution is 2.46. The normalized spacial score (nSPS) is 11.9. The first kappa shape index (κ1) is 36.8. The standard InChI is InChI=1S/C57H46N2O2/c1-34(2)55-56-47(45-29-39-23-25-43(27-41(39)31-53(45)60-56)58(49-19-11-7-15-35(49)3)50-20-12-8-16-36(50)4)33-48-46-30-40-24-26-44(28-42(40)32-54(46)61-57(48)55)59(51-21-13-9-17-37(51)5)52-22-14-10-18-38(52)6/h7-34H,1-6H3. The molecule has 2 aromatic heterocycles. The van der Waals surface area contributed by atoms with Crippen LogP contribution in [0.2, 0.25) is 0 Å². The van der Waals surface area contributed by atoms with Gasteiger partial charge in [0.05, 0.1) is 0 Å². The van der Waals surface area contributed by atoms with Gasteiger partial charge in [-0.3, -0.25) is 0 Å². The highest BCUT2D eigenvalue weighted by molar-refractivity contribution is 6.20. The second kappa shape index (κ2) is 14.2. The minimum absolute atomic E-state index is 0.169. The first-order chi connectivity index (χ1) is 29.7. The van der Waals surface area contributed by atoms with E-state index in [9.17, 15) is 0 Å². The van der Waals surface area contributed by atoms with Crippen LogP contribution in [-0.4, -0.2) is 0 Å². The third kappa shape index (κ3) is 5.96. The largest absolute Gasteiger partial charge is 0.456 e. The molecule has 0 radical (unpaired) electrons. The number of fused-ring (bicyclic) bond motifs is 8. The second-order valence-electron chi connectivity index (χ2n) is 17.0. The van der Waals surface area contributed by atoms with Gasteiger partial charge in [-0.2, -0.15) is 0 Å². The predicted molar refractivity (Wildman–Crippen MR) is 258 cm³/mol.